The lowest BCUT2D eigenvalue weighted by atomic mass is 9.80. The van der Waals surface area contributed by atoms with Crippen LogP contribution < -0.4 is 10.4 Å². The molecule has 11 rings (SSSR count). The zero-order valence-corrected chi connectivity index (χ0v) is 30.1. The molecule has 0 unspecified atom stereocenters. The summed E-state index contributed by atoms with van der Waals surface area (Å²) in [5, 5.41) is 13.1. The Morgan fingerprint density at radius 1 is 0.358 bits per heavy atom. The summed E-state index contributed by atoms with van der Waals surface area (Å²) in [6, 6.07) is 59.4. The van der Waals surface area contributed by atoms with Crippen LogP contribution in [0.2, 0.25) is 0 Å². The zero-order chi connectivity index (χ0) is 35.3. The lowest BCUT2D eigenvalue weighted by Crippen LogP contribution is -2.31. The van der Waals surface area contributed by atoms with Crippen LogP contribution in [0.1, 0.15) is 37.8 Å². The Hall–Kier alpha value is -6.24. The first-order valence-corrected chi connectivity index (χ1v) is 19.0. The molecule has 0 aromatic heterocycles. The van der Waals surface area contributed by atoms with Gasteiger partial charge in [-0.25, -0.2) is 0 Å². The third-order valence-electron chi connectivity index (χ3n) is 12.2. The van der Waals surface area contributed by atoms with E-state index in [2.05, 4.69) is 184 Å². The Labute approximate surface area is 310 Å². The first kappa shape index (κ1) is 30.4. The molecule has 250 valence electrons. The van der Waals surface area contributed by atoms with Gasteiger partial charge in [-0.05, 0) is 146 Å². The topological polar surface area (TPSA) is 0 Å². The van der Waals surface area contributed by atoms with Gasteiger partial charge in [0.25, 0.3) is 0 Å². The summed E-state index contributed by atoms with van der Waals surface area (Å²) in [5.74, 6) is 0. The van der Waals surface area contributed by atoms with Crippen LogP contribution in [0.4, 0.5) is 0 Å². The van der Waals surface area contributed by atoms with Crippen LogP contribution in [0.5, 0.6) is 0 Å². The highest BCUT2D eigenvalue weighted by Crippen LogP contribution is 2.50. The lowest BCUT2D eigenvalue weighted by molar-refractivity contribution is 0.660. The van der Waals surface area contributed by atoms with E-state index in [1.54, 1.807) is 0 Å². The molecule has 0 saturated carbocycles. The van der Waals surface area contributed by atoms with Crippen molar-refractivity contribution < 1.29 is 0 Å². The Bertz CT molecular complexity index is 3140. The van der Waals surface area contributed by atoms with Crippen molar-refractivity contribution in [1.29, 1.82) is 0 Å². The van der Waals surface area contributed by atoms with Crippen molar-refractivity contribution in [2.45, 2.75) is 32.1 Å². The smallest absolute Gasteiger partial charge is 0.0159 e. The molecule has 0 saturated heterocycles. The number of rotatable bonds is 3. The zero-order valence-electron chi connectivity index (χ0n) is 30.1. The Morgan fingerprint density at radius 3 is 1.83 bits per heavy atom. The highest BCUT2D eigenvalue weighted by molar-refractivity contribution is 6.18. The number of fused-ring (bicyclic) bond motifs is 9. The van der Waals surface area contributed by atoms with E-state index in [-0.39, 0.29) is 5.41 Å². The van der Waals surface area contributed by atoms with Crippen molar-refractivity contribution in [3.05, 3.63) is 179 Å². The van der Waals surface area contributed by atoms with Gasteiger partial charge in [-0.2, -0.15) is 0 Å². The second-order valence-electron chi connectivity index (χ2n) is 15.5. The molecule has 0 nitrogen and oxygen atoms in total. The molecule has 0 heteroatoms. The molecule has 0 aliphatic heterocycles. The van der Waals surface area contributed by atoms with Crippen molar-refractivity contribution in [2.75, 3.05) is 0 Å². The van der Waals surface area contributed by atoms with Crippen molar-refractivity contribution in [3.8, 4) is 44.5 Å². The quantitative estimate of drug-likeness (QED) is 0.164. The third-order valence-corrected chi connectivity index (χ3v) is 12.2. The summed E-state index contributed by atoms with van der Waals surface area (Å²) in [6.45, 7) is 4.78. The molecule has 2 aliphatic rings. The molecule has 0 N–H and O–H groups in total. The minimum absolute atomic E-state index is 0.0755. The largest absolute Gasteiger partial charge is 0.0757 e. The molecular weight excluding hydrogens is 637 g/mol. The molecule has 53 heavy (non-hydrogen) atoms. The number of benzene rings is 9. The van der Waals surface area contributed by atoms with Crippen LogP contribution in [0.15, 0.2) is 158 Å². The Morgan fingerprint density at radius 2 is 0.981 bits per heavy atom. The van der Waals surface area contributed by atoms with Gasteiger partial charge in [0.05, 0.1) is 0 Å². The van der Waals surface area contributed by atoms with Crippen LogP contribution in [0, 0.1) is 0 Å². The standard InChI is InChI=1S/C53H38/c1-53(2)49-22-12-11-19-42(49)43-27-26-38(32-50(43)53)51-44-20-9-10-21-45(44)52(47-31-37-15-5-6-16-39(37)40-17-7-8-18-41(40)47)46-28-25-36(30-48(46)51)35-24-23-33-13-3-4-14-34(33)29-35/h3-8,11-32H,9-10H2,1-2H3. The molecule has 9 aromatic carbocycles. The third kappa shape index (κ3) is 4.49. The summed E-state index contributed by atoms with van der Waals surface area (Å²) in [6.07, 6.45) is 7.11. The van der Waals surface area contributed by atoms with E-state index < -0.39 is 0 Å². The van der Waals surface area contributed by atoms with E-state index in [1.807, 2.05) is 0 Å². The van der Waals surface area contributed by atoms with Gasteiger partial charge in [-0.3, -0.25) is 0 Å². The molecule has 0 fully saturated rings. The normalized spacial score (nSPS) is 14.2. The minimum Gasteiger partial charge on any atom is -0.0757 e. The Kier molecular flexibility index (Phi) is 6.53. The molecule has 0 heterocycles. The monoisotopic (exact) mass is 674 g/mol. The second-order valence-corrected chi connectivity index (χ2v) is 15.5. The molecule has 0 radical (unpaired) electrons. The summed E-state index contributed by atoms with van der Waals surface area (Å²) < 4.78 is 0. The first-order valence-electron chi connectivity index (χ1n) is 19.0. The number of hydrogen-bond donors (Lipinski definition) is 0. The van der Waals surface area contributed by atoms with Gasteiger partial charge in [0.15, 0.2) is 0 Å². The second kappa shape index (κ2) is 11.4. The molecule has 0 amide bonds. The lowest BCUT2D eigenvalue weighted by Gasteiger charge is -2.23. The fraction of sp³-hybridized carbons (Fsp3) is 0.0943. The maximum absolute atomic E-state index is 2.52. The minimum atomic E-state index is -0.0755. The summed E-state index contributed by atoms with van der Waals surface area (Å²) in [5.41, 5.74) is 13.2. The molecule has 0 spiro atoms. The van der Waals surface area contributed by atoms with E-state index in [4.69, 9.17) is 0 Å². The molecule has 0 bridgehead atoms. The van der Waals surface area contributed by atoms with Crippen LogP contribution >= 0.6 is 0 Å². The van der Waals surface area contributed by atoms with Gasteiger partial charge in [-0.1, -0.05) is 159 Å². The van der Waals surface area contributed by atoms with E-state index in [1.165, 1.54) is 109 Å². The molecule has 9 aromatic rings. The highest BCUT2D eigenvalue weighted by Gasteiger charge is 2.35. The van der Waals surface area contributed by atoms with Crippen LogP contribution in [-0.2, 0) is 5.41 Å². The maximum Gasteiger partial charge on any atom is 0.0159 e. The van der Waals surface area contributed by atoms with Crippen LogP contribution in [0.25, 0.3) is 99.7 Å². The van der Waals surface area contributed by atoms with Gasteiger partial charge < -0.3 is 0 Å². The van der Waals surface area contributed by atoms with Crippen LogP contribution in [-0.4, -0.2) is 0 Å². The first-order chi connectivity index (χ1) is 26.0. The summed E-state index contributed by atoms with van der Waals surface area (Å²) in [4.78, 5) is 0. The van der Waals surface area contributed by atoms with Gasteiger partial charge in [-0.15, -0.1) is 0 Å². The van der Waals surface area contributed by atoms with Gasteiger partial charge in [0, 0.05) is 5.41 Å². The van der Waals surface area contributed by atoms with E-state index in [9.17, 15) is 0 Å². The fourth-order valence-corrected chi connectivity index (χ4v) is 9.68. The SMILES string of the molecule is CC1(C)c2ccccc2-c2ccc(-c3c4c(c(-c5cc6ccccc6c6ccccc56)c5ccc(-c6ccc7ccccc7c6)cc35)=CCCC=4)cc21. The molecule has 2 aliphatic carbocycles. The predicted octanol–water partition coefficient (Wildman–Crippen LogP) is 13.0. The van der Waals surface area contributed by atoms with Crippen LogP contribution in [0.3, 0.4) is 0 Å². The average molecular weight is 675 g/mol. The van der Waals surface area contributed by atoms with Crippen molar-refractivity contribution >= 4 is 55.2 Å². The molecule has 0 atom stereocenters. The van der Waals surface area contributed by atoms with Gasteiger partial charge in [0.2, 0.25) is 0 Å². The summed E-state index contributed by atoms with van der Waals surface area (Å²) in [7, 11) is 0. The van der Waals surface area contributed by atoms with Crippen molar-refractivity contribution in [1.82, 2.24) is 0 Å². The highest BCUT2D eigenvalue weighted by atomic mass is 14.4. The average Bonchev–Trinajstić information content (AvgIpc) is 3.44. The Balaban J connectivity index is 1.26. The van der Waals surface area contributed by atoms with E-state index in [0.29, 0.717) is 0 Å². The fourth-order valence-electron chi connectivity index (χ4n) is 9.68. The van der Waals surface area contributed by atoms with Crippen molar-refractivity contribution in [2.24, 2.45) is 0 Å². The number of hydrogen-bond acceptors (Lipinski definition) is 0. The molecular formula is C53H38. The van der Waals surface area contributed by atoms with Gasteiger partial charge in [0.1, 0.15) is 0 Å². The van der Waals surface area contributed by atoms with E-state index >= 15 is 0 Å². The summed E-state index contributed by atoms with van der Waals surface area (Å²) >= 11 is 0. The van der Waals surface area contributed by atoms with Gasteiger partial charge >= 0.3 is 0 Å². The maximum atomic E-state index is 2.52. The van der Waals surface area contributed by atoms with E-state index in [0.717, 1.165) is 12.8 Å². The van der Waals surface area contributed by atoms with Crippen molar-refractivity contribution in [3.63, 3.8) is 0 Å². The predicted molar refractivity (Wildman–Crippen MR) is 228 cm³/mol.